The van der Waals surface area contributed by atoms with E-state index in [1.807, 2.05) is 0 Å². The summed E-state index contributed by atoms with van der Waals surface area (Å²) in [6.45, 7) is 3.33. The molecule has 0 saturated carbocycles. The summed E-state index contributed by atoms with van der Waals surface area (Å²) in [5.74, 6) is -2.16. The van der Waals surface area contributed by atoms with Crippen molar-refractivity contribution < 1.29 is 32.3 Å². The summed E-state index contributed by atoms with van der Waals surface area (Å²) < 4.78 is 37.8. The molecule has 2 amide bonds. The molecule has 0 radical (unpaired) electrons. The smallest absolute Gasteiger partial charge is 0.338 e. The van der Waals surface area contributed by atoms with Gasteiger partial charge in [0.15, 0.2) is 6.61 Å². The van der Waals surface area contributed by atoms with Crippen LogP contribution < -0.4 is 10.9 Å². The third kappa shape index (κ3) is 6.37. The number of nitrogens with zero attached hydrogens (tertiary/aromatic N) is 1. The van der Waals surface area contributed by atoms with Crippen LogP contribution in [0.3, 0.4) is 0 Å². The van der Waals surface area contributed by atoms with E-state index < -0.39 is 34.4 Å². The number of nitrogens with one attached hydrogen (secondary N) is 2. The molecule has 10 nitrogen and oxygen atoms in total. The first-order chi connectivity index (χ1) is 15.7. The normalized spacial score (nSPS) is 18.8. The van der Waals surface area contributed by atoms with Crippen LogP contribution in [0.2, 0.25) is 0 Å². The van der Waals surface area contributed by atoms with E-state index in [4.69, 9.17) is 9.47 Å². The predicted molar refractivity (Wildman–Crippen MR) is 118 cm³/mol. The highest BCUT2D eigenvalue weighted by Crippen LogP contribution is 2.22. The van der Waals surface area contributed by atoms with Crippen LogP contribution in [0.15, 0.2) is 59.5 Å². The minimum Gasteiger partial charge on any atom is -0.452 e. The summed E-state index contributed by atoms with van der Waals surface area (Å²) in [6, 6.07) is 13.6. The second-order valence-electron chi connectivity index (χ2n) is 7.55. The zero-order valence-electron chi connectivity index (χ0n) is 18.2. The molecule has 1 fully saturated rings. The summed E-state index contributed by atoms with van der Waals surface area (Å²) in [5, 5.41) is 0. The van der Waals surface area contributed by atoms with Gasteiger partial charge in [-0.2, -0.15) is 4.31 Å². The molecule has 1 aliphatic rings. The molecule has 176 valence electrons. The van der Waals surface area contributed by atoms with Crippen molar-refractivity contribution >= 4 is 27.8 Å². The summed E-state index contributed by atoms with van der Waals surface area (Å²) in [4.78, 5) is 36.1. The van der Waals surface area contributed by atoms with Gasteiger partial charge in [-0.1, -0.05) is 24.3 Å². The number of carbonyl (C=O) groups excluding carboxylic acids is 3. The van der Waals surface area contributed by atoms with Gasteiger partial charge >= 0.3 is 5.97 Å². The summed E-state index contributed by atoms with van der Waals surface area (Å²) >= 11 is 0. The maximum atomic E-state index is 13.0. The number of hydrogen-bond acceptors (Lipinski definition) is 7. The fourth-order valence-electron chi connectivity index (χ4n) is 3.30. The lowest BCUT2D eigenvalue weighted by molar-refractivity contribution is -0.125. The highest BCUT2D eigenvalue weighted by atomic mass is 32.2. The Morgan fingerprint density at radius 1 is 0.970 bits per heavy atom. The van der Waals surface area contributed by atoms with Crippen LogP contribution in [0, 0.1) is 0 Å². The molecule has 0 spiro atoms. The summed E-state index contributed by atoms with van der Waals surface area (Å²) in [7, 11) is -3.84. The number of esters is 1. The van der Waals surface area contributed by atoms with Crippen molar-refractivity contribution in [2.45, 2.75) is 31.0 Å². The minimum atomic E-state index is -3.84. The molecule has 11 heteroatoms. The molecular formula is C22H25N3O7S. The number of hydrazine groups is 1. The molecule has 3 rings (SSSR count). The Kier molecular flexibility index (Phi) is 7.79. The predicted octanol–water partition coefficient (Wildman–Crippen LogP) is 1.10. The first-order valence-electron chi connectivity index (χ1n) is 10.2. The molecule has 1 aliphatic heterocycles. The number of sulfonamides is 1. The zero-order chi connectivity index (χ0) is 24.0. The number of amides is 2. The Balaban J connectivity index is 1.57. The fraction of sp³-hybridized carbons (Fsp3) is 0.318. The van der Waals surface area contributed by atoms with Gasteiger partial charge in [0.2, 0.25) is 10.0 Å². The Morgan fingerprint density at radius 3 is 2.27 bits per heavy atom. The van der Waals surface area contributed by atoms with Crippen molar-refractivity contribution in [3.63, 3.8) is 0 Å². The van der Waals surface area contributed by atoms with Gasteiger partial charge in [-0.25, -0.2) is 13.2 Å². The van der Waals surface area contributed by atoms with E-state index in [2.05, 4.69) is 10.9 Å². The van der Waals surface area contributed by atoms with Crippen LogP contribution in [-0.4, -0.2) is 62.4 Å². The van der Waals surface area contributed by atoms with Crippen LogP contribution in [0.4, 0.5) is 0 Å². The van der Waals surface area contributed by atoms with Crippen LogP contribution >= 0.6 is 0 Å². The van der Waals surface area contributed by atoms with Crippen molar-refractivity contribution in [1.29, 1.82) is 0 Å². The molecule has 2 aromatic carbocycles. The second kappa shape index (κ2) is 10.6. The molecule has 0 aliphatic carbocycles. The Bertz CT molecular complexity index is 1110. The molecule has 0 bridgehead atoms. The zero-order valence-corrected chi connectivity index (χ0v) is 19.0. The Hall–Kier alpha value is -3.28. The van der Waals surface area contributed by atoms with Crippen LogP contribution in [0.1, 0.15) is 34.6 Å². The molecule has 2 atom stereocenters. The van der Waals surface area contributed by atoms with Gasteiger partial charge in [-0.05, 0) is 44.2 Å². The van der Waals surface area contributed by atoms with Crippen molar-refractivity contribution in [1.82, 2.24) is 15.2 Å². The van der Waals surface area contributed by atoms with E-state index in [9.17, 15) is 22.8 Å². The van der Waals surface area contributed by atoms with E-state index in [1.54, 1.807) is 44.2 Å². The van der Waals surface area contributed by atoms with Gasteiger partial charge < -0.3 is 9.47 Å². The number of rotatable bonds is 6. The number of ether oxygens (including phenoxy) is 2. The lowest BCUT2D eigenvalue weighted by atomic mass is 10.2. The van der Waals surface area contributed by atoms with E-state index in [0.717, 1.165) is 0 Å². The first-order valence-corrected chi connectivity index (χ1v) is 11.7. The first kappa shape index (κ1) is 24.4. The highest BCUT2D eigenvalue weighted by molar-refractivity contribution is 7.89. The number of benzene rings is 2. The van der Waals surface area contributed by atoms with Crippen molar-refractivity contribution in [3.8, 4) is 0 Å². The molecule has 0 aromatic heterocycles. The summed E-state index contributed by atoms with van der Waals surface area (Å²) in [6.07, 6.45) is -0.505. The van der Waals surface area contributed by atoms with Crippen molar-refractivity contribution in [2.24, 2.45) is 0 Å². The molecule has 0 unspecified atom stereocenters. The Morgan fingerprint density at radius 2 is 1.61 bits per heavy atom. The van der Waals surface area contributed by atoms with Crippen LogP contribution in [-0.2, 0) is 24.3 Å². The van der Waals surface area contributed by atoms with Crippen LogP contribution in [0.5, 0.6) is 0 Å². The topological polar surface area (TPSA) is 131 Å². The van der Waals surface area contributed by atoms with E-state index >= 15 is 0 Å². The molecular weight excluding hydrogens is 450 g/mol. The lowest BCUT2D eigenvalue weighted by Crippen LogP contribution is -2.48. The summed E-state index contributed by atoms with van der Waals surface area (Å²) in [5.41, 5.74) is 4.68. The molecule has 33 heavy (non-hydrogen) atoms. The average Bonchev–Trinajstić information content (AvgIpc) is 2.81. The maximum absolute atomic E-state index is 13.0. The highest BCUT2D eigenvalue weighted by Gasteiger charge is 2.32. The maximum Gasteiger partial charge on any atom is 0.338 e. The van der Waals surface area contributed by atoms with Gasteiger partial charge in [-0.15, -0.1) is 0 Å². The van der Waals surface area contributed by atoms with Gasteiger partial charge in [0.1, 0.15) is 0 Å². The second-order valence-corrected chi connectivity index (χ2v) is 9.49. The van der Waals surface area contributed by atoms with Gasteiger partial charge in [0.05, 0.1) is 22.7 Å². The standard InChI is InChI=1S/C22H25N3O7S/c1-15-12-25(13-16(2)32-15)33(29,30)19-10-6-9-18(11-19)22(28)31-14-20(26)23-24-21(27)17-7-4-3-5-8-17/h3-11,15-16H,12-14H2,1-2H3,(H,23,26)(H,24,27)/t15-,16-/m1/s1. The van der Waals surface area contributed by atoms with Crippen molar-refractivity contribution in [2.75, 3.05) is 19.7 Å². The fourth-order valence-corrected chi connectivity index (χ4v) is 4.94. The van der Waals surface area contributed by atoms with E-state index in [1.165, 1.54) is 28.6 Å². The van der Waals surface area contributed by atoms with E-state index in [0.29, 0.717) is 5.56 Å². The average molecular weight is 476 g/mol. The number of hydrogen-bond donors (Lipinski definition) is 2. The van der Waals surface area contributed by atoms with Crippen LogP contribution in [0.25, 0.3) is 0 Å². The van der Waals surface area contributed by atoms with E-state index in [-0.39, 0.29) is 35.8 Å². The largest absolute Gasteiger partial charge is 0.452 e. The minimum absolute atomic E-state index is 0.0217. The number of carbonyl (C=O) groups is 3. The van der Waals surface area contributed by atoms with Gasteiger partial charge in [0.25, 0.3) is 11.8 Å². The molecule has 2 N–H and O–H groups in total. The lowest BCUT2D eigenvalue weighted by Gasteiger charge is -2.34. The van der Waals surface area contributed by atoms with Gasteiger partial charge in [-0.3, -0.25) is 20.4 Å². The quantitative estimate of drug-likeness (QED) is 0.472. The SMILES string of the molecule is C[C@@H]1CN(S(=O)(=O)c2cccc(C(=O)OCC(=O)NNC(=O)c3ccccc3)c2)C[C@@H](C)O1. The van der Waals surface area contributed by atoms with Gasteiger partial charge in [0, 0.05) is 18.7 Å². The third-order valence-electron chi connectivity index (χ3n) is 4.78. The van der Waals surface area contributed by atoms with Crippen molar-refractivity contribution in [3.05, 3.63) is 65.7 Å². The third-order valence-corrected chi connectivity index (χ3v) is 6.61. The Labute approximate surface area is 191 Å². The molecule has 1 saturated heterocycles. The monoisotopic (exact) mass is 475 g/mol. The number of morpholine rings is 1. The molecule has 2 aromatic rings. The molecule has 1 heterocycles.